The molecule has 0 radical (unpaired) electrons. The van der Waals surface area contributed by atoms with E-state index < -0.39 is 0 Å². The molecule has 0 bridgehead atoms. The maximum Gasteiger partial charge on any atom is 0.246 e. The number of aromatic nitrogens is 3. The van der Waals surface area contributed by atoms with Crippen molar-refractivity contribution in [3.8, 4) is 10.6 Å². The van der Waals surface area contributed by atoms with Crippen LogP contribution in [0.2, 0.25) is 0 Å². The van der Waals surface area contributed by atoms with Gasteiger partial charge in [0.25, 0.3) is 0 Å². The van der Waals surface area contributed by atoms with Crippen LogP contribution in [0.1, 0.15) is 5.01 Å². The van der Waals surface area contributed by atoms with E-state index in [0.717, 1.165) is 10.6 Å². The van der Waals surface area contributed by atoms with Crippen LogP contribution in [-0.4, -0.2) is 40.1 Å². The highest BCUT2D eigenvalue weighted by molar-refractivity contribution is 7.15. The molecular weight excluding hydrogens is 248 g/mol. The Morgan fingerprint density at radius 1 is 1.39 bits per heavy atom. The summed E-state index contributed by atoms with van der Waals surface area (Å²) in [4.78, 5) is 16.9. The Balaban J connectivity index is 2.14. The smallest absolute Gasteiger partial charge is 0.246 e. The summed E-state index contributed by atoms with van der Waals surface area (Å²) in [5, 5.41) is 9.56. The summed E-state index contributed by atoms with van der Waals surface area (Å²) in [5.74, 6) is -0.0758. The van der Waals surface area contributed by atoms with E-state index in [1.165, 1.54) is 22.3 Å². The number of likely N-dealkylation sites (N-methyl/N-ethyl adjacent to an activating group) is 1. The molecule has 0 aliphatic heterocycles. The second-order valence-corrected chi connectivity index (χ2v) is 4.76. The molecule has 92 valence electrons. The lowest BCUT2D eigenvalue weighted by atomic mass is 10.3. The summed E-state index contributed by atoms with van der Waals surface area (Å²) in [7, 11) is 3.40. The van der Waals surface area contributed by atoms with Crippen LogP contribution in [0.15, 0.2) is 30.6 Å². The number of amides is 1. The van der Waals surface area contributed by atoms with E-state index in [4.69, 9.17) is 0 Å². The SMILES string of the molecule is CN(C)C(=O)C=Cc1nnc(-c2cccnc2)s1. The molecule has 2 aromatic heterocycles. The minimum absolute atomic E-state index is 0.0758. The van der Waals surface area contributed by atoms with Crippen molar-refractivity contribution in [2.75, 3.05) is 14.1 Å². The van der Waals surface area contributed by atoms with Gasteiger partial charge in [-0.1, -0.05) is 11.3 Å². The fourth-order valence-corrected chi connectivity index (χ4v) is 1.94. The third kappa shape index (κ3) is 2.98. The first kappa shape index (κ1) is 12.4. The predicted octanol–water partition coefficient (Wildman–Crippen LogP) is 1.70. The second kappa shape index (κ2) is 5.50. The van der Waals surface area contributed by atoms with Crippen molar-refractivity contribution in [2.45, 2.75) is 0 Å². The van der Waals surface area contributed by atoms with E-state index in [9.17, 15) is 4.79 Å². The fourth-order valence-electron chi connectivity index (χ4n) is 1.20. The number of nitrogens with zero attached hydrogens (tertiary/aromatic N) is 4. The minimum Gasteiger partial charge on any atom is -0.345 e. The van der Waals surface area contributed by atoms with Gasteiger partial charge in [0.15, 0.2) is 0 Å². The molecule has 0 aliphatic carbocycles. The highest BCUT2D eigenvalue weighted by Crippen LogP contribution is 2.22. The van der Waals surface area contributed by atoms with Crippen LogP contribution in [0, 0.1) is 0 Å². The van der Waals surface area contributed by atoms with Crippen molar-refractivity contribution in [3.63, 3.8) is 0 Å². The van der Waals surface area contributed by atoms with E-state index in [0.29, 0.717) is 5.01 Å². The number of hydrogen-bond donors (Lipinski definition) is 0. The monoisotopic (exact) mass is 260 g/mol. The van der Waals surface area contributed by atoms with Gasteiger partial charge in [-0.15, -0.1) is 10.2 Å². The minimum atomic E-state index is -0.0758. The van der Waals surface area contributed by atoms with Crippen molar-refractivity contribution >= 4 is 23.3 Å². The van der Waals surface area contributed by atoms with Crippen molar-refractivity contribution in [2.24, 2.45) is 0 Å². The highest BCUT2D eigenvalue weighted by atomic mass is 32.1. The Bertz CT molecular complexity index is 562. The summed E-state index contributed by atoms with van der Waals surface area (Å²) in [6.45, 7) is 0. The molecule has 2 heterocycles. The summed E-state index contributed by atoms with van der Waals surface area (Å²) in [6.07, 6.45) is 6.59. The van der Waals surface area contributed by atoms with Gasteiger partial charge >= 0.3 is 0 Å². The van der Waals surface area contributed by atoms with Gasteiger partial charge in [0.2, 0.25) is 5.91 Å². The average Bonchev–Trinajstić information content (AvgIpc) is 2.85. The maximum atomic E-state index is 11.4. The number of carbonyl (C=O) groups excluding carboxylic acids is 1. The summed E-state index contributed by atoms with van der Waals surface area (Å²) in [6, 6.07) is 3.77. The predicted molar refractivity (Wildman–Crippen MR) is 70.9 cm³/mol. The second-order valence-electron chi connectivity index (χ2n) is 3.75. The van der Waals surface area contributed by atoms with Gasteiger partial charge in [-0.05, 0) is 18.2 Å². The van der Waals surface area contributed by atoms with E-state index in [2.05, 4.69) is 15.2 Å². The Morgan fingerprint density at radius 3 is 2.89 bits per heavy atom. The van der Waals surface area contributed by atoms with Gasteiger partial charge in [-0.3, -0.25) is 9.78 Å². The van der Waals surface area contributed by atoms with Crippen LogP contribution in [0.3, 0.4) is 0 Å². The number of rotatable bonds is 3. The summed E-state index contributed by atoms with van der Waals surface area (Å²) >= 11 is 1.42. The van der Waals surface area contributed by atoms with Crippen molar-refractivity contribution in [1.82, 2.24) is 20.1 Å². The van der Waals surface area contributed by atoms with Crippen LogP contribution < -0.4 is 0 Å². The van der Waals surface area contributed by atoms with E-state index in [-0.39, 0.29) is 5.91 Å². The zero-order valence-electron chi connectivity index (χ0n) is 10.1. The van der Waals surface area contributed by atoms with Gasteiger partial charge in [-0.2, -0.15) is 0 Å². The van der Waals surface area contributed by atoms with Gasteiger partial charge in [0, 0.05) is 38.1 Å². The van der Waals surface area contributed by atoms with Gasteiger partial charge < -0.3 is 4.90 Å². The highest BCUT2D eigenvalue weighted by Gasteiger charge is 2.05. The van der Waals surface area contributed by atoms with Gasteiger partial charge in [0.1, 0.15) is 10.0 Å². The molecule has 18 heavy (non-hydrogen) atoms. The van der Waals surface area contributed by atoms with Crippen LogP contribution in [0.4, 0.5) is 0 Å². The Labute approximate surface area is 109 Å². The Hall–Kier alpha value is -2.08. The molecule has 1 amide bonds. The van der Waals surface area contributed by atoms with Crippen LogP contribution in [0.25, 0.3) is 16.6 Å². The molecule has 0 N–H and O–H groups in total. The molecule has 0 atom stereocenters. The summed E-state index contributed by atoms with van der Waals surface area (Å²) in [5.41, 5.74) is 0.925. The van der Waals surface area contributed by atoms with Crippen molar-refractivity contribution in [1.29, 1.82) is 0 Å². The Kier molecular flexibility index (Phi) is 3.78. The first-order chi connectivity index (χ1) is 8.66. The first-order valence-corrected chi connectivity index (χ1v) is 6.12. The van der Waals surface area contributed by atoms with Gasteiger partial charge in [0.05, 0.1) is 0 Å². The third-order valence-corrected chi connectivity index (χ3v) is 3.10. The molecule has 0 aromatic carbocycles. The molecule has 0 fully saturated rings. The molecule has 0 unspecified atom stereocenters. The summed E-state index contributed by atoms with van der Waals surface area (Å²) < 4.78 is 0. The molecule has 2 rings (SSSR count). The van der Waals surface area contributed by atoms with E-state index in [1.54, 1.807) is 32.6 Å². The molecular formula is C12H12N4OS. The number of hydrogen-bond acceptors (Lipinski definition) is 5. The average molecular weight is 260 g/mol. The lowest BCUT2D eigenvalue weighted by Crippen LogP contribution is -2.18. The zero-order chi connectivity index (χ0) is 13.0. The van der Waals surface area contributed by atoms with Crippen LogP contribution in [-0.2, 0) is 4.79 Å². The molecule has 6 heteroatoms. The fraction of sp³-hybridized carbons (Fsp3) is 0.167. The molecule has 0 saturated heterocycles. The third-order valence-electron chi connectivity index (χ3n) is 2.16. The molecule has 2 aromatic rings. The molecule has 0 spiro atoms. The van der Waals surface area contributed by atoms with Crippen LogP contribution in [0.5, 0.6) is 0 Å². The molecule has 0 aliphatic rings. The largest absolute Gasteiger partial charge is 0.345 e. The van der Waals surface area contributed by atoms with E-state index in [1.807, 2.05) is 12.1 Å². The lowest BCUT2D eigenvalue weighted by molar-refractivity contribution is -0.123. The lowest BCUT2D eigenvalue weighted by Gasteiger charge is -2.04. The zero-order valence-corrected chi connectivity index (χ0v) is 10.9. The quantitative estimate of drug-likeness (QED) is 0.788. The maximum absolute atomic E-state index is 11.4. The van der Waals surface area contributed by atoms with Crippen LogP contribution >= 0.6 is 11.3 Å². The topological polar surface area (TPSA) is 59.0 Å². The standard InChI is InChI=1S/C12H12N4OS/c1-16(2)11(17)6-5-10-14-15-12(18-10)9-4-3-7-13-8-9/h3-8H,1-2H3. The molecule has 0 saturated carbocycles. The van der Waals surface area contributed by atoms with Crippen molar-refractivity contribution < 1.29 is 4.79 Å². The van der Waals surface area contributed by atoms with Gasteiger partial charge in [-0.25, -0.2) is 0 Å². The normalized spacial score (nSPS) is 10.8. The Morgan fingerprint density at radius 2 is 2.22 bits per heavy atom. The number of pyridine rings is 1. The van der Waals surface area contributed by atoms with E-state index >= 15 is 0 Å². The van der Waals surface area contributed by atoms with Crippen molar-refractivity contribution in [3.05, 3.63) is 35.6 Å². The first-order valence-electron chi connectivity index (χ1n) is 5.30. The molecule has 5 nitrogen and oxygen atoms in total. The number of carbonyl (C=O) groups is 1.